The Morgan fingerprint density at radius 1 is 1.62 bits per heavy atom. The second-order valence-corrected chi connectivity index (χ2v) is 3.71. The second-order valence-electron chi connectivity index (χ2n) is 2.55. The number of nitrogens with one attached hydrogen (secondary N) is 1. The monoisotopic (exact) mass is 293 g/mol. The minimum atomic E-state index is -0.0656. The van der Waals surface area contributed by atoms with Crippen LogP contribution in [0.15, 0.2) is 6.20 Å². The topological polar surface area (TPSA) is 47.0 Å². The van der Waals surface area contributed by atoms with Gasteiger partial charge >= 0.3 is 0 Å². The van der Waals surface area contributed by atoms with Gasteiger partial charge in [0.15, 0.2) is 5.82 Å². The summed E-state index contributed by atoms with van der Waals surface area (Å²) in [6.07, 6.45) is 1.72. The van der Waals surface area contributed by atoms with E-state index < -0.39 is 0 Å². The van der Waals surface area contributed by atoms with E-state index in [2.05, 4.69) is 37.9 Å². The van der Waals surface area contributed by atoms with Crippen LogP contribution in [0, 0.1) is 3.57 Å². The molecule has 13 heavy (non-hydrogen) atoms. The molecule has 1 aromatic rings. The van der Waals surface area contributed by atoms with Gasteiger partial charge in [-0.3, -0.25) is 0 Å². The van der Waals surface area contributed by atoms with Gasteiger partial charge in [-0.05, 0) is 29.5 Å². The van der Waals surface area contributed by atoms with Crippen LogP contribution in [0.2, 0.25) is 0 Å². The van der Waals surface area contributed by atoms with Crippen molar-refractivity contribution in [1.29, 1.82) is 0 Å². The Hall–Kier alpha value is -0.430. The lowest BCUT2D eigenvalue weighted by Gasteiger charge is -2.09. The predicted molar refractivity (Wildman–Crippen MR) is 59.7 cm³/mol. The highest BCUT2D eigenvalue weighted by Gasteiger charge is 2.09. The molecule has 1 heterocycles. The molecule has 0 spiro atoms. The Labute approximate surface area is 91.3 Å². The van der Waals surface area contributed by atoms with Crippen LogP contribution in [0.4, 0.5) is 5.82 Å². The van der Waals surface area contributed by atoms with E-state index in [1.165, 1.54) is 0 Å². The largest absolute Gasteiger partial charge is 0.374 e. The first-order valence-corrected chi connectivity index (χ1v) is 5.00. The Morgan fingerprint density at radius 2 is 2.31 bits per heavy atom. The standard InChI is InChI=1S/C8H12IN3O/c1-5(13-3)7-11-4-6(9)8(10-2)12-7/h4-5H,1-3H3,(H,10,11,12). The van der Waals surface area contributed by atoms with E-state index >= 15 is 0 Å². The molecule has 0 bridgehead atoms. The van der Waals surface area contributed by atoms with Crippen molar-refractivity contribution in [1.82, 2.24) is 9.97 Å². The van der Waals surface area contributed by atoms with E-state index in [0.29, 0.717) is 5.82 Å². The molecule has 1 N–H and O–H groups in total. The molecule has 0 saturated heterocycles. The quantitative estimate of drug-likeness (QED) is 0.864. The highest BCUT2D eigenvalue weighted by molar-refractivity contribution is 14.1. The third-order valence-electron chi connectivity index (χ3n) is 1.72. The Morgan fingerprint density at radius 3 is 2.85 bits per heavy atom. The maximum Gasteiger partial charge on any atom is 0.159 e. The molecule has 0 amide bonds. The van der Waals surface area contributed by atoms with Crippen LogP contribution >= 0.6 is 22.6 Å². The van der Waals surface area contributed by atoms with E-state index in [1.54, 1.807) is 13.3 Å². The third-order valence-corrected chi connectivity index (χ3v) is 2.51. The number of anilines is 1. The van der Waals surface area contributed by atoms with Crippen molar-refractivity contribution in [3.8, 4) is 0 Å². The first-order chi connectivity index (χ1) is 6.19. The Balaban J connectivity index is 2.99. The summed E-state index contributed by atoms with van der Waals surface area (Å²) in [5.41, 5.74) is 0. The molecule has 0 aliphatic rings. The fourth-order valence-electron chi connectivity index (χ4n) is 0.857. The van der Waals surface area contributed by atoms with Crippen molar-refractivity contribution in [2.45, 2.75) is 13.0 Å². The van der Waals surface area contributed by atoms with E-state index in [1.807, 2.05) is 14.0 Å². The lowest BCUT2D eigenvalue weighted by Crippen LogP contribution is -2.06. The van der Waals surface area contributed by atoms with Gasteiger partial charge < -0.3 is 10.1 Å². The minimum Gasteiger partial charge on any atom is -0.374 e. The van der Waals surface area contributed by atoms with E-state index in [0.717, 1.165) is 9.39 Å². The van der Waals surface area contributed by atoms with Crippen molar-refractivity contribution in [3.05, 3.63) is 15.6 Å². The summed E-state index contributed by atoms with van der Waals surface area (Å²) >= 11 is 2.18. The minimum absolute atomic E-state index is 0.0656. The van der Waals surface area contributed by atoms with Crippen LogP contribution in [0.1, 0.15) is 18.9 Å². The molecule has 1 atom stereocenters. The summed E-state index contributed by atoms with van der Waals surface area (Å²) in [6.45, 7) is 1.92. The van der Waals surface area contributed by atoms with Crippen molar-refractivity contribution >= 4 is 28.4 Å². The van der Waals surface area contributed by atoms with Crippen molar-refractivity contribution < 1.29 is 4.74 Å². The fourth-order valence-corrected chi connectivity index (χ4v) is 1.39. The fraction of sp³-hybridized carbons (Fsp3) is 0.500. The normalized spacial score (nSPS) is 12.6. The van der Waals surface area contributed by atoms with Crippen LogP contribution in [0.3, 0.4) is 0 Å². The molecular formula is C8H12IN3O. The van der Waals surface area contributed by atoms with Crippen LogP contribution in [0.5, 0.6) is 0 Å². The maximum atomic E-state index is 5.12. The average molecular weight is 293 g/mol. The molecule has 0 aliphatic heterocycles. The smallest absolute Gasteiger partial charge is 0.159 e. The molecule has 0 fully saturated rings. The molecule has 5 heteroatoms. The van der Waals surface area contributed by atoms with Gasteiger partial charge in [0.2, 0.25) is 0 Å². The van der Waals surface area contributed by atoms with Gasteiger partial charge in [-0.15, -0.1) is 0 Å². The van der Waals surface area contributed by atoms with Crippen molar-refractivity contribution in [2.75, 3.05) is 19.5 Å². The summed E-state index contributed by atoms with van der Waals surface area (Å²) in [5, 5.41) is 3.00. The number of methoxy groups -OCH3 is 1. The summed E-state index contributed by atoms with van der Waals surface area (Å²) < 4.78 is 6.13. The number of hydrogen-bond acceptors (Lipinski definition) is 4. The SMILES string of the molecule is CNc1nc(C(C)OC)ncc1I. The molecule has 4 nitrogen and oxygen atoms in total. The average Bonchev–Trinajstić information content (AvgIpc) is 2.17. The van der Waals surface area contributed by atoms with E-state index in [9.17, 15) is 0 Å². The summed E-state index contributed by atoms with van der Waals surface area (Å²) in [6, 6.07) is 0. The number of aromatic nitrogens is 2. The van der Waals surface area contributed by atoms with Crippen LogP contribution < -0.4 is 5.32 Å². The summed E-state index contributed by atoms with van der Waals surface area (Å²) in [4.78, 5) is 8.48. The first-order valence-electron chi connectivity index (χ1n) is 3.92. The zero-order valence-electron chi connectivity index (χ0n) is 7.84. The van der Waals surface area contributed by atoms with E-state index in [-0.39, 0.29) is 6.10 Å². The van der Waals surface area contributed by atoms with Gasteiger partial charge in [-0.25, -0.2) is 9.97 Å². The summed E-state index contributed by atoms with van der Waals surface area (Å²) in [5.74, 6) is 1.54. The number of hydrogen-bond donors (Lipinski definition) is 1. The number of rotatable bonds is 3. The first kappa shape index (κ1) is 10.6. The Kier molecular flexibility index (Phi) is 3.86. The maximum absolute atomic E-state index is 5.12. The molecule has 72 valence electrons. The molecule has 1 aromatic heterocycles. The lowest BCUT2D eigenvalue weighted by molar-refractivity contribution is 0.112. The molecule has 1 unspecified atom stereocenters. The van der Waals surface area contributed by atoms with Gasteiger partial charge in [0.25, 0.3) is 0 Å². The molecule has 0 saturated carbocycles. The predicted octanol–water partition coefficient (Wildman–Crippen LogP) is 1.83. The number of halogens is 1. The van der Waals surface area contributed by atoms with Gasteiger partial charge in [0, 0.05) is 20.4 Å². The highest BCUT2D eigenvalue weighted by atomic mass is 127. The van der Waals surface area contributed by atoms with Crippen LogP contribution in [0.25, 0.3) is 0 Å². The lowest BCUT2D eigenvalue weighted by atomic mass is 10.4. The van der Waals surface area contributed by atoms with Crippen molar-refractivity contribution in [2.24, 2.45) is 0 Å². The zero-order valence-corrected chi connectivity index (χ0v) is 9.99. The number of nitrogens with zero attached hydrogens (tertiary/aromatic N) is 2. The zero-order chi connectivity index (χ0) is 9.84. The van der Waals surface area contributed by atoms with Gasteiger partial charge in [0.1, 0.15) is 11.9 Å². The third kappa shape index (κ3) is 2.50. The molecule has 0 aromatic carbocycles. The Bertz CT molecular complexity index is 293. The van der Waals surface area contributed by atoms with Gasteiger partial charge in [0.05, 0.1) is 3.57 Å². The number of ether oxygens (including phenoxy) is 1. The molecule has 0 radical (unpaired) electrons. The molecular weight excluding hydrogens is 281 g/mol. The van der Waals surface area contributed by atoms with E-state index in [4.69, 9.17) is 4.74 Å². The molecule has 1 rings (SSSR count). The van der Waals surface area contributed by atoms with Crippen molar-refractivity contribution in [3.63, 3.8) is 0 Å². The highest BCUT2D eigenvalue weighted by Crippen LogP contribution is 2.17. The second kappa shape index (κ2) is 4.71. The van der Waals surface area contributed by atoms with Crippen LogP contribution in [-0.2, 0) is 4.74 Å². The molecule has 0 aliphatic carbocycles. The van der Waals surface area contributed by atoms with Gasteiger partial charge in [-0.2, -0.15) is 0 Å². The van der Waals surface area contributed by atoms with Crippen LogP contribution in [-0.4, -0.2) is 24.1 Å². The van der Waals surface area contributed by atoms with Gasteiger partial charge in [-0.1, -0.05) is 0 Å². The summed E-state index contributed by atoms with van der Waals surface area (Å²) in [7, 11) is 3.48.